The van der Waals surface area contributed by atoms with Crippen LogP contribution in [0.15, 0.2) is 116 Å². The van der Waals surface area contributed by atoms with Gasteiger partial charge < -0.3 is 18.9 Å². The van der Waals surface area contributed by atoms with Crippen LogP contribution in [0, 0.1) is 0 Å². The lowest BCUT2D eigenvalue weighted by molar-refractivity contribution is 0.326. The third kappa shape index (κ3) is 5.31. The van der Waals surface area contributed by atoms with E-state index in [0.29, 0.717) is 24.7 Å². The molecule has 7 rings (SSSR count). The highest BCUT2D eigenvalue weighted by molar-refractivity contribution is 6.09. The maximum atomic E-state index is 6.43. The number of benzene rings is 4. The summed E-state index contributed by atoms with van der Waals surface area (Å²) in [5.41, 5.74) is 4.69. The van der Waals surface area contributed by atoms with Crippen molar-refractivity contribution >= 4 is 21.8 Å². The van der Waals surface area contributed by atoms with E-state index in [1.165, 1.54) is 0 Å². The van der Waals surface area contributed by atoms with Gasteiger partial charge in [-0.05, 0) is 62.4 Å². The molecule has 0 radical (unpaired) electrons. The second-order valence-corrected chi connectivity index (χ2v) is 10.4. The lowest BCUT2D eigenvalue weighted by Crippen LogP contribution is -1.99. The summed E-state index contributed by atoms with van der Waals surface area (Å²) in [5.74, 6) is 4.43. The Morgan fingerprint density at radius 2 is 1.44 bits per heavy atom. The number of aromatic nitrogens is 4. The molecule has 0 atom stereocenters. The summed E-state index contributed by atoms with van der Waals surface area (Å²) in [4.78, 5) is 4.66. The molecule has 3 aromatic heterocycles. The molecular weight excluding hydrogens is 564 g/mol. The molecule has 8 heteroatoms. The van der Waals surface area contributed by atoms with Crippen LogP contribution in [0.2, 0.25) is 0 Å². The fourth-order valence-corrected chi connectivity index (χ4v) is 5.68. The van der Waals surface area contributed by atoms with E-state index in [9.17, 15) is 0 Å². The normalized spacial score (nSPS) is 11.2. The third-order valence-corrected chi connectivity index (χ3v) is 7.60. The maximum absolute atomic E-state index is 6.43. The van der Waals surface area contributed by atoms with Gasteiger partial charge in [0.25, 0.3) is 0 Å². The molecule has 0 amide bonds. The summed E-state index contributed by atoms with van der Waals surface area (Å²) in [6.45, 7) is 5.05. The topological polar surface area (TPSA) is 72.6 Å². The fourth-order valence-electron chi connectivity index (χ4n) is 5.68. The van der Waals surface area contributed by atoms with Gasteiger partial charge in [0.1, 0.15) is 34.6 Å². The molecule has 0 aliphatic rings. The highest BCUT2D eigenvalue weighted by Crippen LogP contribution is 2.39. The van der Waals surface area contributed by atoms with Crippen molar-refractivity contribution in [2.24, 2.45) is 0 Å². The molecule has 3 heterocycles. The molecule has 0 fully saturated rings. The van der Waals surface area contributed by atoms with E-state index in [-0.39, 0.29) is 0 Å². The Kier molecular flexibility index (Phi) is 7.53. The van der Waals surface area contributed by atoms with Gasteiger partial charge >= 0.3 is 0 Å². The number of fused-ring (bicyclic) bond motifs is 3. The molecule has 8 nitrogen and oxygen atoms in total. The van der Waals surface area contributed by atoms with Crippen LogP contribution in [0.5, 0.6) is 28.7 Å². The number of para-hydroxylation sites is 1. The summed E-state index contributed by atoms with van der Waals surface area (Å²) in [6.07, 6.45) is 5.56. The first-order chi connectivity index (χ1) is 22.2. The van der Waals surface area contributed by atoms with Gasteiger partial charge in [0.05, 0.1) is 48.8 Å². The van der Waals surface area contributed by atoms with Crippen LogP contribution in [-0.4, -0.2) is 39.7 Å². The minimum absolute atomic E-state index is 0.554. The maximum Gasteiger partial charge on any atom is 0.141 e. The van der Waals surface area contributed by atoms with Crippen molar-refractivity contribution in [3.63, 3.8) is 0 Å². The average Bonchev–Trinajstić information content (AvgIpc) is 3.69. The smallest absolute Gasteiger partial charge is 0.141 e. The number of ether oxygens (including phenoxy) is 4. The van der Waals surface area contributed by atoms with E-state index in [4.69, 9.17) is 18.9 Å². The van der Waals surface area contributed by atoms with E-state index in [1.54, 1.807) is 13.3 Å². The van der Waals surface area contributed by atoms with E-state index >= 15 is 0 Å². The number of rotatable bonds is 10. The van der Waals surface area contributed by atoms with Crippen molar-refractivity contribution in [1.29, 1.82) is 0 Å². The Hall–Kier alpha value is -5.76. The van der Waals surface area contributed by atoms with Crippen molar-refractivity contribution in [2.75, 3.05) is 20.3 Å². The molecule has 0 saturated heterocycles. The number of pyridine rings is 1. The average molecular weight is 597 g/mol. The zero-order valence-electron chi connectivity index (χ0n) is 25.3. The lowest BCUT2D eigenvalue weighted by Gasteiger charge is -2.14. The minimum Gasteiger partial charge on any atom is -0.497 e. The molecule has 0 bridgehead atoms. The molecular formula is C37H32N4O4. The molecule has 0 saturated carbocycles. The van der Waals surface area contributed by atoms with Gasteiger partial charge in [0.2, 0.25) is 0 Å². The Balaban J connectivity index is 1.23. The highest BCUT2D eigenvalue weighted by Gasteiger charge is 2.17. The lowest BCUT2D eigenvalue weighted by atomic mass is 10.1. The van der Waals surface area contributed by atoms with Gasteiger partial charge in [-0.2, -0.15) is 5.10 Å². The number of hydrogen-bond donors (Lipinski definition) is 0. The first-order valence-corrected chi connectivity index (χ1v) is 14.9. The van der Waals surface area contributed by atoms with Crippen molar-refractivity contribution in [3.8, 4) is 51.4 Å². The second kappa shape index (κ2) is 12.1. The Morgan fingerprint density at radius 1 is 0.689 bits per heavy atom. The van der Waals surface area contributed by atoms with Gasteiger partial charge in [0.15, 0.2) is 0 Å². The quantitative estimate of drug-likeness (QED) is 0.157. The van der Waals surface area contributed by atoms with Gasteiger partial charge in [-0.1, -0.05) is 30.3 Å². The number of nitrogens with zero attached hydrogens (tertiary/aromatic N) is 4. The van der Waals surface area contributed by atoms with Crippen molar-refractivity contribution in [2.45, 2.75) is 13.8 Å². The van der Waals surface area contributed by atoms with Gasteiger partial charge in [-0.15, -0.1) is 0 Å². The molecule has 0 unspecified atom stereocenters. The Labute approximate surface area is 261 Å². The summed E-state index contributed by atoms with van der Waals surface area (Å²) in [7, 11) is 1.66. The SMILES string of the molecule is CCOc1cccc(OCC)c1-c1cnn(-c2cccc(Oc3ccc4c5ccccc5n(-c5cc(OC)ccn5)c4c3)c2)c1. The Morgan fingerprint density at radius 3 is 2.24 bits per heavy atom. The molecule has 0 spiro atoms. The van der Waals surface area contributed by atoms with Crippen LogP contribution >= 0.6 is 0 Å². The summed E-state index contributed by atoms with van der Waals surface area (Å²) in [6, 6.07) is 31.9. The third-order valence-electron chi connectivity index (χ3n) is 7.60. The van der Waals surface area contributed by atoms with Crippen LogP contribution in [0.1, 0.15) is 13.8 Å². The molecule has 0 aliphatic heterocycles. The van der Waals surface area contributed by atoms with Crippen molar-refractivity contribution in [3.05, 3.63) is 116 Å². The predicted molar refractivity (Wildman–Crippen MR) is 177 cm³/mol. The summed E-state index contributed by atoms with van der Waals surface area (Å²) >= 11 is 0. The molecule has 4 aromatic carbocycles. The largest absolute Gasteiger partial charge is 0.497 e. The van der Waals surface area contributed by atoms with Crippen molar-refractivity contribution in [1.82, 2.24) is 19.3 Å². The first kappa shape index (κ1) is 28.0. The van der Waals surface area contributed by atoms with Gasteiger partial charge in [0, 0.05) is 46.9 Å². The monoisotopic (exact) mass is 596 g/mol. The van der Waals surface area contributed by atoms with E-state index in [2.05, 4.69) is 45.0 Å². The molecule has 0 N–H and O–H groups in total. The Bertz CT molecular complexity index is 2110. The molecule has 0 aliphatic carbocycles. The van der Waals surface area contributed by atoms with E-state index in [1.807, 2.05) is 97.7 Å². The number of methoxy groups -OCH3 is 1. The van der Waals surface area contributed by atoms with Gasteiger partial charge in [-0.3, -0.25) is 4.57 Å². The number of hydrogen-bond acceptors (Lipinski definition) is 6. The first-order valence-electron chi connectivity index (χ1n) is 14.9. The van der Waals surface area contributed by atoms with Crippen LogP contribution < -0.4 is 18.9 Å². The standard InChI is InChI=1S/C37H32N4O4/c1-4-43-34-14-9-15-35(44-5-2)37(34)25-23-39-40(24-25)26-10-8-11-28(20-26)45-29-16-17-31-30-12-6-7-13-32(30)41(33(31)21-29)36-22-27(42-3)18-19-38-36/h6-24H,4-5H2,1-3H3. The zero-order chi connectivity index (χ0) is 30.8. The molecule has 7 aromatic rings. The van der Waals surface area contributed by atoms with Crippen LogP contribution in [0.25, 0.3) is 44.4 Å². The van der Waals surface area contributed by atoms with E-state index in [0.717, 1.165) is 61.7 Å². The fraction of sp³-hybridized carbons (Fsp3) is 0.135. The molecule has 224 valence electrons. The molecule has 45 heavy (non-hydrogen) atoms. The van der Waals surface area contributed by atoms with Crippen molar-refractivity contribution < 1.29 is 18.9 Å². The van der Waals surface area contributed by atoms with E-state index < -0.39 is 0 Å². The zero-order valence-corrected chi connectivity index (χ0v) is 25.3. The summed E-state index contributed by atoms with van der Waals surface area (Å²) in [5, 5.41) is 6.92. The van der Waals surface area contributed by atoms with Crippen LogP contribution in [0.3, 0.4) is 0 Å². The van der Waals surface area contributed by atoms with Crippen LogP contribution in [0.4, 0.5) is 0 Å². The second-order valence-electron chi connectivity index (χ2n) is 10.4. The van der Waals surface area contributed by atoms with Gasteiger partial charge in [-0.25, -0.2) is 9.67 Å². The minimum atomic E-state index is 0.554. The summed E-state index contributed by atoms with van der Waals surface area (Å²) < 4.78 is 27.7. The predicted octanol–water partition coefficient (Wildman–Crippen LogP) is 8.63. The highest BCUT2D eigenvalue weighted by atomic mass is 16.5. The van der Waals surface area contributed by atoms with Crippen LogP contribution in [-0.2, 0) is 0 Å².